The van der Waals surface area contributed by atoms with E-state index in [4.69, 9.17) is 0 Å². The number of para-hydroxylation sites is 1. The number of nitrogens with one attached hydrogen (secondary N) is 1. The minimum Gasteiger partial charge on any atom is -0.348 e. The molecule has 0 aliphatic carbocycles. The third kappa shape index (κ3) is 4.93. The van der Waals surface area contributed by atoms with Crippen molar-refractivity contribution in [2.24, 2.45) is 0 Å². The summed E-state index contributed by atoms with van der Waals surface area (Å²) in [5, 5.41) is 3.03. The lowest BCUT2D eigenvalue weighted by molar-refractivity contribution is 0.0925. The highest BCUT2D eigenvalue weighted by Gasteiger charge is 2.29. The van der Waals surface area contributed by atoms with Gasteiger partial charge in [-0.1, -0.05) is 30.7 Å². The first-order chi connectivity index (χ1) is 14.9. The normalized spacial score (nSPS) is 18.3. The van der Waals surface area contributed by atoms with Gasteiger partial charge in [0.15, 0.2) is 0 Å². The van der Waals surface area contributed by atoms with Crippen molar-refractivity contribution in [3.05, 3.63) is 59.7 Å². The summed E-state index contributed by atoms with van der Waals surface area (Å²) < 4.78 is 28.3. The highest BCUT2D eigenvalue weighted by molar-refractivity contribution is 7.92. The number of piperidine rings is 1. The smallest absolute Gasteiger partial charge is 0.264 e. The first kappa shape index (κ1) is 21.8. The number of rotatable bonds is 6. The number of hydrogen-bond acceptors (Lipinski definition) is 4. The van der Waals surface area contributed by atoms with Crippen LogP contribution in [-0.2, 0) is 16.4 Å². The van der Waals surface area contributed by atoms with Crippen LogP contribution in [0.1, 0.15) is 48.5 Å². The van der Waals surface area contributed by atoms with E-state index in [2.05, 4.69) is 10.2 Å². The SMILES string of the molecule is CC(CN1CCCCC1)NC(=O)c1cccc(S(=O)(=O)N2CCCc3ccccc32)c1. The van der Waals surface area contributed by atoms with Crippen LogP contribution in [0.4, 0.5) is 5.69 Å². The summed E-state index contributed by atoms with van der Waals surface area (Å²) in [4.78, 5) is 15.3. The summed E-state index contributed by atoms with van der Waals surface area (Å²) in [5.41, 5.74) is 2.15. The van der Waals surface area contributed by atoms with E-state index in [0.29, 0.717) is 12.1 Å². The summed E-state index contributed by atoms with van der Waals surface area (Å²) in [7, 11) is -3.74. The number of carbonyl (C=O) groups excluding carboxylic acids is 1. The maximum Gasteiger partial charge on any atom is 0.264 e. The van der Waals surface area contributed by atoms with Gasteiger partial charge in [0, 0.05) is 24.7 Å². The summed E-state index contributed by atoms with van der Waals surface area (Å²) in [6, 6.07) is 14.0. The van der Waals surface area contributed by atoms with E-state index >= 15 is 0 Å². The maximum absolute atomic E-state index is 13.4. The molecule has 1 N–H and O–H groups in total. The van der Waals surface area contributed by atoms with Crippen molar-refractivity contribution in [2.45, 2.75) is 50.0 Å². The lowest BCUT2D eigenvalue weighted by Crippen LogP contribution is -2.43. The largest absolute Gasteiger partial charge is 0.348 e. The molecule has 166 valence electrons. The zero-order valence-corrected chi connectivity index (χ0v) is 18.9. The van der Waals surface area contributed by atoms with Gasteiger partial charge in [-0.25, -0.2) is 8.42 Å². The molecule has 1 unspecified atom stereocenters. The summed E-state index contributed by atoms with van der Waals surface area (Å²) in [5.74, 6) is -0.236. The Hall–Kier alpha value is -2.38. The van der Waals surface area contributed by atoms with E-state index in [0.717, 1.165) is 43.7 Å². The van der Waals surface area contributed by atoms with Crippen molar-refractivity contribution < 1.29 is 13.2 Å². The Morgan fingerprint density at radius 3 is 2.58 bits per heavy atom. The number of fused-ring (bicyclic) bond motifs is 1. The number of anilines is 1. The van der Waals surface area contributed by atoms with E-state index in [1.54, 1.807) is 18.2 Å². The van der Waals surface area contributed by atoms with E-state index in [1.165, 1.54) is 29.6 Å². The third-order valence-electron chi connectivity index (χ3n) is 6.11. The van der Waals surface area contributed by atoms with Crippen LogP contribution < -0.4 is 9.62 Å². The number of aryl methyl sites for hydroxylation is 1. The molecule has 2 aliphatic heterocycles. The van der Waals surface area contributed by atoms with E-state index in [-0.39, 0.29) is 16.8 Å². The van der Waals surface area contributed by atoms with Crippen LogP contribution in [0.25, 0.3) is 0 Å². The van der Waals surface area contributed by atoms with E-state index < -0.39 is 10.0 Å². The van der Waals surface area contributed by atoms with Gasteiger partial charge in [-0.05, 0) is 75.5 Å². The van der Waals surface area contributed by atoms with Crippen molar-refractivity contribution in [3.8, 4) is 0 Å². The van der Waals surface area contributed by atoms with Gasteiger partial charge in [-0.15, -0.1) is 0 Å². The molecule has 1 atom stereocenters. The molecule has 31 heavy (non-hydrogen) atoms. The van der Waals surface area contributed by atoms with Crippen LogP contribution in [0.5, 0.6) is 0 Å². The van der Waals surface area contributed by atoms with Crippen molar-refractivity contribution in [2.75, 3.05) is 30.5 Å². The van der Waals surface area contributed by atoms with Crippen LogP contribution in [0.15, 0.2) is 53.4 Å². The molecule has 0 radical (unpaired) electrons. The predicted molar refractivity (Wildman–Crippen MR) is 123 cm³/mol. The zero-order valence-electron chi connectivity index (χ0n) is 18.1. The molecule has 4 rings (SSSR count). The van der Waals surface area contributed by atoms with E-state index in [9.17, 15) is 13.2 Å². The molecule has 0 saturated carbocycles. The predicted octanol–water partition coefficient (Wildman–Crippen LogP) is 3.43. The minimum atomic E-state index is -3.74. The summed E-state index contributed by atoms with van der Waals surface area (Å²) >= 11 is 0. The Morgan fingerprint density at radius 2 is 1.77 bits per heavy atom. The first-order valence-electron chi connectivity index (χ1n) is 11.2. The van der Waals surface area contributed by atoms with Gasteiger partial charge in [0.25, 0.3) is 15.9 Å². The molecule has 1 fully saturated rings. The van der Waals surface area contributed by atoms with Crippen LogP contribution >= 0.6 is 0 Å². The molecule has 0 aromatic heterocycles. The fourth-order valence-corrected chi connectivity index (χ4v) is 6.14. The van der Waals surface area contributed by atoms with Crippen molar-refractivity contribution in [1.82, 2.24) is 10.2 Å². The molecular formula is C24H31N3O3S. The highest BCUT2D eigenvalue weighted by atomic mass is 32.2. The average molecular weight is 442 g/mol. The fourth-order valence-electron chi connectivity index (χ4n) is 4.56. The second-order valence-electron chi connectivity index (χ2n) is 8.57. The second kappa shape index (κ2) is 9.40. The average Bonchev–Trinajstić information content (AvgIpc) is 2.79. The number of carbonyl (C=O) groups is 1. The van der Waals surface area contributed by atoms with Crippen LogP contribution in [0, 0.1) is 0 Å². The van der Waals surface area contributed by atoms with Gasteiger partial charge < -0.3 is 10.2 Å². The molecule has 0 spiro atoms. The van der Waals surface area contributed by atoms with Gasteiger partial charge in [-0.2, -0.15) is 0 Å². The first-order valence-corrected chi connectivity index (χ1v) is 12.6. The van der Waals surface area contributed by atoms with Crippen molar-refractivity contribution in [1.29, 1.82) is 0 Å². The van der Waals surface area contributed by atoms with Gasteiger partial charge in [-0.3, -0.25) is 9.10 Å². The van der Waals surface area contributed by atoms with Crippen LogP contribution in [-0.4, -0.2) is 51.4 Å². The monoisotopic (exact) mass is 441 g/mol. The molecule has 1 amide bonds. The standard InChI is InChI=1S/C24H31N3O3S/c1-19(18-26-14-5-2-6-15-26)25-24(28)21-10-7-12-22(17-21)31(29,30)27-16-8-11-20-9-3-4-13-23(20)27/h3-4,7,9-10,12-13,17,19H,2,5-6,8,11,14-16,18H2,1H3,(H,25,28). The zero-order chi connectivity index (χ0) is 21.8. The Kier molecular flexibility index (Phi) is 6.62. The quantitative estimate of drug-likeness (QED) is 0.746. The fraction of sp³-hybridized carbons (Fsp3) is 0.458. The lowest BCUT2D eigenvalue weighted by atomic mass is 10.0. The van der Waals surface area contributed by atoms with Gasteiger partial charge in [0.05, 0.1) is 10.6 Å². The van der Waals surface area contributed by atoms with Gasteiger partial charge in [0.1, 0.15) is 0 Å². The van der Waals surface area contributed by atoms with Crippen molar-refractivity contribution in [3.63, 3.8) is 0 Å². The van der Waals surface area contributed by atoms with Gasteiger partial charge >= 0.3 is 0 Å². The molecular weight excluding hydrogens is 410 g/mol. The topological polar surface area (TPSA) is 69.7 Å². The molecule has 0 bridgehead atoms. The Bertz CT molecular complexity index is 1030. The number of nitrogens with zero attached hydrogens (tertiary/aromatic N) is 2. The minimum absolute atomic E-state index is 0.000153. The number of amides is 1. The molecule has 2 aromatic rings. The molecule has 2 aliphatic rings. The van der Waals surface area contributed by atoms with Crippen LogP contribution in [0.2, 0.25) is 0 Å². The summed E-state index contributed by atoms with van der Waals surface area (Å²) in [6.45, 7) is 5.41. The van der Waals surface area contributed by atoms with Crippen molar-refractivity contribution >= 4 is 21.6 Å². The molecule has 6 nitrogen and oxygen atoms in total. The Morgan fingerprint density at radius 1 is 1.00 bits per heavy atom. The highest BCUT2D eigenvalue weighted by Crippen LogP contribution is 2.31. The van der Waals surface area contributed by atoms with E-state index in [1.807, 2.05) is 31.2 Å². The molecule has 7 heteroatoms. The number of likely N-dealkylation sites (tertiary alicyclic amines) is 1. The third-order valence-corrected chi connectivity index (χ3v) is 7.92. The number of benzene rings is 2. The van der Waals surface area contributed by atoms with Crippen LogP contribution in [0.3, 0.4) is 0 Å². The molecule has 1 saturated heterocycles. The number of hydrogen-bond donors (Lipinski definition) is 1. The molecule has 2 aromatic carbocycles. The number of sulfonamides is 1. The maximum atomic E-state index is 13.4. The Balaban J connectivity index is 1.49. The molecule has 2 heterocycles. The second-order valence-corrected chi connectivity index (χ2v) is 10.4. The Labute approximate surface area is 185 Å². The summed E-state index contributed by atoms with van der Waals surface area (Å²) in [6.07, 6.45) is 5.35. The lowest BCUT2D eigenvalue weighted by Gasteiger charge is -2.30. The van der Waals surface area contributed by atoms with Gasteiger partial charge in [0.2, 0.25) is 0 Å².